The standard InChI is InChI=1S/C14H14ClF2NOS/c1-3-18-14(13-4-8(19-2)7-20-13)9-5-11(16)12(17)6-10(9)15/h4-7,14,18H,3H2,1-2H3. The molecule has 1 aromatic carbocycles. The summed E-state index contributed by atoms with van der Waals surface area (Å²) in [5.74, 6) is -1.12. The summed E-state index contributed by atoms with van der Waals surface area (Å²) in [5.41, 5.74) is 0.511. The zero-order valence-electron chi connectivity index (χ0n) is 11.0. The lowest BCUT2D eigenvalue weighted by molar-refractivity contribution is 0.416. The number of rotatable bonds is 5. The number of methoxy groups -OCH3 is 1. The average molecular weight is 318 g/mol. The summed E-state index contributed by atoms with van der Waals surface area (Å²) >= 11 is 7.52. The van der Waals surface area contributed by atoms with Gasteiger partial charge in [-0.15, -0.1) is 11.3 Å². The van der Waals surface area contributed by atoms with Crippen LogP contribution in [0.2, 0.25) is 5.02 Å². The van der Waals surface area contributed by atoms with Gasteiger partial charge in [-0.2, -0.15) is 0 Å². The van der Waals surface area contributed by atoms with E-state index in [9.17, 15) is 8.78 Å². The number of benzene rings is 1. The molecule has 2 rings (SSSR count). The van der Waals surface area contributed by atoms with Crippen LogP contribution in [0.15, 0.2) is 23.6 Å². The topological polar surface area (TPSA) is 21.3 Å². The largest absolute Gasteiger partial charge is 0.496 e. The Morgan fingerprint density at radius 3 is 2.60 bits per heavy atom. The first kappa shape index (κ1) is 15.2. The molecule has 0 spiro atoms. The van der Waals surface area contributed by atoms with Gasteiger partial charge in [0, 0.05) is 15.3 Å². The quantitative estimate of drug-likeness (QED) is 0.826. The van der Waals surface area contributed by atoms with Gasteiger partial charge >= 0.3 is 0 Å². The van der Waals surface area contributed by atoms with Crippen LogP contribution >= 0.6 is 22.9 Å². The fraction of sp³-hybridized carbons (Fsp3) is 0.286. The van der Waals surface area contributed by atoms with Crippen LogP contribution in [0, 0.1) is 11.6 Å². The molecule has 0 aliphatic rings. The summed E-state index contributed by atoms with van der Waals surface area (Å²) < 4.78 is 31.8. The Kier molecular flexibility index (Phi) is 4.96. The first-order valence-electron chi connectivity index (χ1n) is 6.07. The van der Waals surface area contributed by atoms with Gasteiger partial charge in [-0.25, -0.2) is 8.78 Å². The molecule has 2 aromatic rings. The van der Waals surface area contributed by atoms with E-state index in [2.05, 4.69) is 5.32 Å². The molecule has 0 aliphatic carbocycles. The highest BCUT2D eigenvalue weighted by Crippen LogP contribution is 2.35. The van der Waals surface area contributed by atoms with Gasteiger partial charge in [-0.05, 0) is 30.3 Å². The SMILES string of the molecule is CCNC(c1cc(OC)cs1)c1cc(F)c(F)cc1Cl. The van der Waals surface area contributed by atoms with Gasteiger partial charge < -0.3 is 10.1 Å². The van der Waals surface area contributed by atoms with Crippen molar-refractivity contribution in [2.24, 2.45) is 0 Å². The molecular formula is C14H14ClF2NOS. The molecule has 0 saturated heterocycles. The average Bonchev–Trinajstić information content (AvgIpc) is 2.89. The van der Waals surface area contributed by atoms with E-state index in [1.807, 2.05) is 18.4 Å². The van der Waals surface area contributed by atoms with Crippen LogP contribution in [0.4, 0.5) is 8.78 Å². The van der Waals surface area contributed by atoms with E-state index in [1.165, 1.54) is 11.3 Å². The first-order chi connectivity index (χ1) is 9.56. The van der Waals surface area contributed by atoms with Crippen molar-refractivity contribution in [1.29, 1.82) is 0 Å². The highest BCUT2D eigenvalue weighted by Gasteiger charge is 2.20. The molecule has 0 amide bonds. The molecule has 1 atom stereocenters. The Morgan fingerprint density at radius 1 is 1.30 bits per heavy atom. The fourth-order valence-corrected chi connectivity index (χ4v) is 3.13. The minimum Gasteiger partial charge on any atom is -0.496 e. The van der Waals surface area contributed by atoms with E-state index < -0.39 is 11.6 Å². The predicted molar refractivity (Wildman–Crippen MR) is 77.8 cm³/mol. The minimum absolute atomic E-state index is 0.196. The molecule has 2 nitrogen and oxygen atoms in total. The van der Waals surface area contributed by atoms with Crippen LogP contribution < -0.4 is 10.1 Å². The van der Waals surface area contributed by atoms with Gasteiger partial charge in [-0.3, -0.25) is 0 Å². The van der Waals surface area contributed by atoms with Gasteiger partial charge in [-0.1, -0.05) is 18.5 Å². The van der Waals surface area contributed by atoms with Crippen LogP contribution in [0.25, 0.3) is 0 Å². The van der Waals surface area contributed by atoms with Crippen molar-refractivity contribution >= 4 is 22.9 Å². The van der Waals surface area contributed by atoms with Crippen molar-refractivity contribution in [1.82, 2.24) is 5.32 Å². The molecule has 108 valence electrons. The molecule has 0 saturated carbocycles. The zero-order valence-corrected chi connectivity index (χ0v) is 12.6. The van der Waals surface area contributed by atoms with E-state index in [4.69, 9.17) is 16.3 Å². The monoisotopic (exact) mass is 317 g/mol. The first-order valence-corrected chi connectivity index (χ1v) is 7.32. The van der Waals surface area contributed by atoms with Crippen molar-refractivity contribution in [2.75, 3.05) is 13.7 Å². The number of ether oxygens (including phenoxy) is 1. The van der Waals surface area contributed by atoms with Gasteiger partial charge in [0.25, 0.3) is 0 Å². The molecule has 0 fully saturated rings. The van der Waals surface area contributed by atoms with Crippen LogP contribution in [-0.2, 0) is 0 Å². The lowest BCUT2D eigenvalue weighted by Gasteiger charge is -2.18. The van der Waals surface area contributed by atoms with Gasteiger partial charge in [0.05, 0.1) is 13.2 Å². The van der Waals surface area contributed by atoms with E-state index in [1.54, 1.807) is 7.11 Å². The summed E-state index contributed by atoms with van der Waals surface area (Å²) in [6.07, 6.45) is 0. The smallest absolute Gasteiger partial charge is 0.160 e. The molecule has 1 N–H and O–H groups in total. The molecule has 6 heteroatoms. The summed E-state index contributed by atoms with van der Waals surface area (Å²) in [7, 11) is 1.58. The highest BCUT2D eigenvalue weighted by atomic mass is 35.5. The number of hydrogen-bond donors (Lipinski definition) is 1. The number of halogens is 3. The highest BCUT2D eigenvalue weighted by molar-refractivity contribution is 7.10. The molecule has 0 radical (unpaired) electrons. The number of hydrogen-bond acceptors (Lipinski definition) is 3. The maximum Gasteiger partial charge on any atom is 0.160 e. The second-order valence-electron chi connectivity index (χ2n) is 4.17. The van der Waals surface area contributed by atoms with Gasteiger partial charge in [0.15, 0.2) is 11.6 Å². The summed E-state index contributed by atoms with van der Waals surface area (Å²) in [5, 5.41) is 5.27. The molecule has 20 heavy (non-hydrogen) atoms. The van der Waals surface area contributed by atoms with E-state index in [0.29, 0.717) is 12.1 Å². The van der Waals surface area contributed by atoms with Crippen LogP contribution in [0.3, 0.4) is 0 Å². The van der Waals surface area contributed by atoms with Crippen LogP contribution in [0.5, 0.6) is 5.75 Å². The Labute approximate surface area is 125 Å². The third-order valence-corrected chi connectivity index (χ3v) is 4.18. The molecule has 0 aliphatic heterocycles. The van der Waals surface area contributed by atoms with Gasteiger partial charge in [0.2, 0.25) is 0 Å². The summed E-state index contributed by atoms with van der Waals surface area (Å²) in [6.45, 7) is 2.60. The zero-order chi connectivity index (χ0) is 14.7. The van der Waals surface area contributed by atoms with Crippen molar-refractivity contribution in [3.8, 4) is 5.75 Å². The van der Waals surface area contributed by atoms with Crippen molar-refractivity contribution < 1.29 is 13.5 Å². The molecule has 1 aromatic heterocycles. The second-order valence-corrected chi connectivity index (χ2v) is 5.52. The minimum atomic E-state index is -0.947. The second kappa shape index (κ2) is 6.52. The molecule has 1 heterocycles. The maximum absolute atomic E-state index is 13.5. The molecule has 0 bridgehead atoms. The Hall–Kier alpha value is -1.17. The van der Waals surface area contributed by atoms with Gasteiger partial charge in [0.1, 0.15) is 5.75 Å². The predicted octanol–water partition coefficient (Wildman–Crippen LogP) is 4.39. The third kappa shape index (κ3) is 3.11. The van der Waals surface area contributed by atoms with E-state index in [0.717, 1.165) is 22.8 Å². The lowest BCUT2D eigenvalue weighted by Crippen LogP contribution is -2.21. The molecule has 1 unspecified atom stereocenters. The van der Waals surface area contributed by atoms with E-state index in [-0.39, 0.29) is 11.1 Å². The Bertz CT molecular complexity index is 603. The maximum atomic E-state index is 13.5. The van der Waals surface area contributed by atoms with Crippen molar-refractivity contribution in [2.45, 2.75) is 13.0 Å². The molecular weight excluding hydrogens is 304 g/mol. The summed E-state index contributed by atoms with van der Waals surface area (Å²) in [4.78, 5) is 0.927. The Morgan fingerprint density at radius 2 is 2.00 bits per heavy atom. The Balaban J connectivity index is 2.45. The normalized spacial score (nSPS) is 12.4. The van der Waals surface area contributed by atoms with Crippen molar-refractivity contribution in [3.63, 3.8) is 0 Å². The summed E-state index contributed by atoms with van der Waals surface area (Å²) in [6, 6.07) is 3.70. The number of nitrogens with one attached hydrogen (secondary N) is 1. The third-order valence-electron chi connectivity index (χ3n) is 2.87. The van der Waals surface area contributed by atoms with E-state index >= 15 is 0 Å². The van der Waals surface area contributed by atoms with Crippen LogP contribution in [0.1, 0.15) is 23.4 Å². The lowest BCUT2D eigenvalue weighted by atomic mass is 10.0. The fourth-order valence-electron chi connectivity index (χ4n) is 1.92. The van der Waals surface area contributed by atoms with Crippen LogP contribution in [-0.4, -0.2) is 13.7 Å². The van der Waals surface area contributed by atoms with Crippen molar-refractivity contribution in [3.05, 3.63) is 50.7 Å². The number of thiophene rings is 1.